The molecule has 1 aromatic carbocycles. The van der Waals surface area contributed by atoms with Gasteiger partial charge in [-0.25, -0.2) is 4.98 Å². The van der Waals surface area contributed by atoms with Gasteiger partial charge in [0.1, 0.15) is 5.82 Å². The Hall–Kier alpha value is -2.07. The number of imidazole rings is 1. The van der Waals surface area contributed by atoms with Crippen molar-refractivity contribution in [3.05, 3.63) is 42.5 Å². The van der Waals surface area contributed by atoms with E-state index in [1.54, 1.807) is 0 Å². The first-order valence-corrected chi connectivity index (χ1v) is 6.38. The molecule has 0 radical (unpaired) electrons. The molecular weight excluding hydrogens is 238 g/mol. The van der Waals surface area contributed by atoms with Gasteiger partial charge in [-0.3, -0.25) is 0 Å². The minimum Gasteiger partial charge on any atom is -0.396 e. The summed E-state index contributed by atoms with van der Waals surface area (Å²) in [4.78, 5) is 4.62. The van der Waals surface area contributed by atoms with Gasteiger partial charge in [-0.2, -0.15) is 0 Å². The van der Waals surface area contributed by atoms with Crippen LogP contribution in [0, 0.1) is 0 Å². The van der Waals surface area contributed by atoms with Crippen molar-refractivity contribution < 1.29 is 5.11 Å². The molecule has 0 fully saturated rings. The third-order valence-corrected chi connectivity index (χ3v) is 3.48. The molecule has 4 heteroatoms. The Bertz CT molecular complexity index is 724. The second-order valence-corrected chi connectivity index (χ2v) is 4.80. The highest BCUT2D eigenvalue weighted by Gasteiger charge is 2.12. The molecule has 0 atom stereocenters. The number of aryl methyl sites for hydroxylation is 2. The van der Waals surface area contributed by atoms with Crippen LogP contribution in [0.1, 0.15) is 5.82 Å². The van der Waals surface area contributed by atoms with Gasteiger partial charge in [0.2, 0.25) is 0 Å². The first kappa shape index (κ1) is 12.0. The van der Waals surface area contributed by atoms with Crippen LogP contribution in [0.4, 0.5) is 0 Å². The first-order valence-electron chi connectivity index (χ1n) is 6.38. The molecule has 0 bridgehead atoms. The molecule has 3 rings (SSSR count). The van der Waals surface area contributed by atoms with Crippen LogP contribution in [-0.2, 0) is 20.5 Å². The number of hydrogen-bond acceptors (Lipinski definition) is 2. The summed E-state index contributed by atoms with van der Waals surface area (Å²) in [7, 11) is 4.01. The highest BCUT2D eigenvalue weighted by molar-refractivity contribution is 5.95. The largest absolute Gasteiger partial charge is 0.396 e. The van der Waals surface area contributed by atoms with Crippen LogP contribution in [0.2, 0.25) is 0 Å². The van der Waals surface area contributed by atoms with E-state index in [4.69, 9.17) is 5.11 Å². The van der Waals surface area contributed by atoms with E-state index in [9.17, 15) is 0 Å². The van der Waals surface area contributed by atoms with Gasteiger partial charge in [-0.15, -0.1) is 0 Å². The fourth-order valence-electron chi connectivity index (χ4n) is 2.51. The summed E-state index contributed by atoms with van der Waals surface area (Å²) in [6, 6.07) is 8.31. The predicted molar refractivity (Wildman–Crippen MR) is 75.9 cm³/mol. The maximum atomic E-state index is 9.04. The lowest BCUT2D eigenvalue weighted by molar-refractivity contribution is 0.295. The quantitative estimate of drug-likeness (QED) is 0.779. The summed E-state index contributed by atoms with van der Waals surface area (Å²) in [5, 5.41) is 10.2. The third-order valence-electron chi connectivity index (χ3n) is 3.48. The Kier molecular flexibility index (Phi) is 2.87. The van der Waals surface area contributed by atoms with E-state index < -0.39 is 0 Å². The van der Waals surface area contributed by atoms with E-state index in [0.29, 0.717) is 6.42 Å². The highest BCUT2D eigenvalue weighted by Crippen LogP contribution is 2.29. The maximum Gasteiger partial charge on any atom is 0.111 e. The molecule has 19 heavy (non-hydrogen) atoms. The third kappa shape index (κ3) is 1.94. The second-order valence-electron chi connectivity index (χ2n) is 4.80. The zero-order chi connectivity index (χ0) is 13.4. The molecule has 0 aliphatic carbocycles. The molecule has 0 saturated heterocycles. The SMILES string of the molecule is Cn1cc(-c2cn(C)c3ccccc23)nc1CCO. The number of fused-ring (bicyclic) bond motifs is 1. The molecule has 0 aliphatic heterocycles. The predicted octanol–water partition coefficient (Wildman–Crippen LogP) is 2.11. The number of para-hydroxylation sites is 1. The monoisotopic (exact) mass is 255 g/mol. The van der Waals surface area contributed by atoms with Crippen molar-refractivity contribution in [1.82, 2.24) is 14.1 Å². The molecule has 2 heterocycles. The molecule has 0 spiro atoms. The molecule has 1 N–H and O–H groups in total. The smallest absolute Gasteiger partial charge is 0.111 e. The second kappa shape index (κ2) is 4.55. The molecule has 0 unspecified atom stereocenters. The number of hydrogen-bond donors (Lipinski definition) is 1. The Morgan fingerprint density at radius 1 is 1.11 bits per heavy atom. The fourth-order valence-corrected chi connectivity index (χ4v) is 2.51. The van der Waals surface area contributed by atoms with Crippen molar-refractivity contribution in [1.29, 1.82) is 0 Å². The summed E-state index contributed by atoms with van der Waals surface area (Å²) in [6.45, 7) is 0.125. The van der Waals surface area contributed by atoms with Crippen LogP contribution >= 0.6 is 0 Å². The lowest BCUT2D eigenvalue weighted by Crippen LogP contribution is -1.99. The average molecular weight is 255 g/mol. The standard InChI is InChI=1S/C15H17N3O/c1-17-9-12(11-5-3-4-6-14(11)17)13-10-18(2)15(16-13)7-8-19/h3-6,9-10,19H,7-8H2,1-2H3. The zero-order valence-electron chi connectivity index (χ0n) is 11.2. The van der Waals surface area contributed by atoms with E-state index in [0.717, 1.165) is 17.1 Å². The molecule has 2 aromatic heterocycles. The van der Waals surface area contributed by atoms with E-state index in [1.807, 2.05) is 37.0 Å². The van der Waals surface area contributed by atoms with Gasteiger partial charge in [0.05, 0.1) is 12.3 Å². The van der Waals surface area contributed by atoms with Crippen LogP contribution < -0.4 is 0 Å². The van der Waals surface area contributed by atoms with Gasteiger partial charge in [0.25, 0.3) is 0 Å². The van der Waals surface area contributed by atoms with Crippen molar-refractivity contribution in [3.8, 4) is 11.3 Å². The minimum atomic E-state index is 0.125. The van der Waals surface area contributed by atoms with Crippen molar-refractivity contribution in [2.24, 2.45) is 14.1 Å². The molecule has 0 saturated carbocycles. The van der Waals surface area contributed by atoms with E-state index in [1.165, 1.54) is 10.9 Å². The normalized spacial score (nSPS) is 11.3. The summed E-state index contributed by atoms with van der Waals surface area (Å²) in [5.41, 5.74) is 3.30. The maximum absolute atomic E-state index is 9.04. The zero-order valence-corrected chi connectivity index (χ0v) is 11.2. The Labute approximate surface area is 111 Å². The van der Waals surface area contributed by atoms with E-state index >= 15 is 0 Å². The number of aliphatic hydroxyl groups is 1. The van der Waals surface area contributed by atoms with Gasteiger partial charge >= 0.3 is 0 Å². The van der Waals surface area contributed by atoms with Gasteiger partial charge in [-0.05, 0) is 6.07 Å². The van der Waals surface area contributed by atoms with Crippen molar-refractivity contribution in [3.63, 3.8) is 0 Å². The summed E-state index contributed by atoms with van der Waals surface area (Å²) >= 11 is 0. The van der Waals surface area contributed by atoms with Crippen LogP contribution in [-0.4, -0.2) is 25.8 Å². The number of benzene rings is 1. The Balaban J connectivity index is 2.16. The van der Waals surface area contributed by atoms with Crippen LogP contribution in [0.15, 0.2) is 36.7 Å². The minimum absolute atomic E-state index is 0.125. The molecular formula is C15H17N3O. The molecule has 3 aromatic rings. The van der Waals surface area contributed by atoms with Gasteiger partial charge in [0.15, 0.2) is 0 Å². The van der Waals surface area contributed by atoms with E-state index in [-0.39, 0.29) is 6.61 Å². The van der Waals surface area contributed by atoms with Crippen molar-refractivity contribution >= 4 is 10.9 Å². The lowest BCUT2D eigenvalue weighted by Gasteiger charge is -1.95. The lowest BCUT2D eigenvalue weighted by atomic mass is 10.1. The topological polar surface area (TPSA) is 43.0 Å². The van der Waals surface area contributed by atoms with Gasteiger partial charge in [0, 0.05) is 49.4 Å². The molecule has 0 amide bonds. The van der Waals surface area contributed by atoms with Crippen molar-refractivity contribution in [2.75, 3.05) is 6.61 Å². The van der Waals surface area contributed by atoms with Crippen LogP contribution in [0.25, 0.3) is 22.2 Å². The highest BCUT2D eigenvalue weighted by atomic mass is 16.3. The molecule has 0 aliphatic rings. The molecule has 4 nitrogen and oxygen atoms in total. The van der Waals surface area contributed by atoms with Gasteiger partial charge in [-0.1, -0.05) is 18.2 Å². The molecule has 98 valence electrons. The fraction of sp³-hybridized carbons (Fsp3) is 0.267. The summed E-state index contributed by atoms with van der Waals surface area (Å²) in [6.07, 6.45) is 4.71. The Morgan fingerprint density at radius 2 is 1.89 bits per heavy atom. The van der Waals surface area contributed by atoms with Crippen molar-refractivity contribution in [2.45, 2.75) is 6.42 Å². The van der Waals surface area contributed by atoms with Crippen LogP contribution in [0.5, 0.6) is 0 Å². The van der Waals surface area contributed by atoms with E-state index in [2.05, 4.69) is 27.9 Å². The summed E-state index contributed by atoms with van der Waals surface area (Å²) in [5.74, 6) is 0.908. The first-order chi connectivity index (χ1) is 9.20. The number of aliphatic hydroxyl groups excluding tert-OH is 1. The van der Waals surface area contributed by atoms with Crippen LogP contribution in [0.3, 0.4) is 0 Å². The number of nitrogens with zero attached hydrogens (tertiary/aromatic N) is 3. The number of aromatic nitrogens is 3. The number of rotatable bonds is 3. The average Bonchev–Trinajstić information content (AvgIpc) is 2.93. The van der Waals surface area contributed by atoms with Gasteiger partial charge < -0.3 is 14.2 Å². The summed E-state index contributed by atoms with van der Waals surface area (Å²) < 4.78 is 4.10. The Morgan fingerprint density at radius 3 is 2.68 bits per heavy atom.